The number of aromatic nitrogens is 4. The highest BCUT2D eigenvalue weighted by Crippen LogP contribution is 2.41. The number of imidazole rings is 1. The molecule has 3 rings (SSSR count). The third-order valence-corrected chi connectivity index (χ3v) is 4.51. The molecule has 0 bridgehead atoms. The zero-order chi connectivity index (χ0) is 11.8. The van der Waals surface area contributed by atoms with Gasteiger partial charge in [-0.2, -0.15) is 0 Å². The van der Waals surface area contributed by atoms with E-state index in [1.54, 1.807) is 18.1 Å². The molecule has 2 aromatic heterocycles. The Morgan fingerprint density at radius 2 is 2.41 bits per heavy atom. The summed E-state index contributed by atoms with van der Waals surface area (Å²) < 4.78 is 1.92. The summed E-state index contributed by atoms with van der Waals surface area (Å²) in [6, 6.07) is 0. The van der Waals surface area contributed by atoms with Crippen LogP contribution in [0.1, 0.15) is 18.2 Å². The average molecular weight is 252 g/mol. The molecule has 0 aliphatic carbocycles. The predicted molar refractivity (Wildman–Crippen MR) is 64.9 cm³/mol. The number of aliphatic hydroxyl groups is 1. The molecule has 2 atom stereocenters. The molecule has 2 unspecified atom stereocenters. The topological polar surface area (TPSA) is 83.8 Å². The molecule has 7 heteroatoms. The fourth-order valence-electron chi connectivity index (χ4n) is 2.10. The standard InChI is InChI=1S/C10H12N4O2S/c15-3-6-1-2-7(17-6)14-5-13-8-9(14)11-4-12-10(8)16/h4-7,15H,1-3H2,(H,11,12,16). The van der Waals surface area contributed by atoms with Crippen LogP contribution in [0.25, 0.3) is 11.2 Å². The molecular weight excluding hydrogens is 240 g/mol. The number of fused-ring (bicyclic) bond motifs is 1. The minimum Gasteiger partial charge on any atom is -0.395 e. The Labute approximate surface area is 101 Å². The number of nitrogens with zero attached hydrogens (tertiary/aromatic N) is 3. The molecule has 1 fully saturated rings. The Kier molecular flexibility index (Phi) is 2.64. The summed E-state index contributed by atoms with van der Waals surface area (Å²) in [6.45, 7) is 0.196. The molecule has 6 nitrogen and oxygen atoms in total. The number of hydrogen-bond donors (Lipinski definition) is 2. The maximum atomic E-state index is 11.5. The molecule has 1 aliphatic heterocycles. The summed E-state index contributed by atoms with van der Waals surface area (Å²) >= 11 is 1.71. The molecule has 0 spiro atoms. The van der Waals surface area contributed by atoms with Crippen LogP contribution in [0.5, 0.6) is 0 Å². The number of rotatable bonds is 2. The molecular formula is C10H12N4O2S. The number of nitrogens with one attached hydrogen (secondary N) is 1. The molecule has 2 N–H and O–H groups in total. The average Bonchev–Trinajstić information content (AvgIpc) is 2.94. The summed E-state index contributed by atoms with van der Waals surface area (Å²) in [4.78, 5) is 22.3. The highest BCUT2D eigenvalue weighted by atomic mass is 32.2. The Balaban J connectivity index is 2.02. The van der Waals surface area contributed by atoms with E-state index in [-0.39, 0.29) is 22.8 Å². The van der Waals surface area contributed by atoms with Crippen LogP contribution in [0.4, 0.5) is 0 Å². The van der Waals surface area contributed by atoms with Crippen LogP contribution in [-0.4, -0.2) is 36.5 Å². The van der Waals surface area contributed by atoms with E-state index in [0.29, 0.717) is 11.2 Å². The Hall–Kier alpha value is -1.34. The van der Waals surface area contributed by atoms with Crippen molar-refractivity contribution >= 4 is 22.9 Å². The van der Waals surface area contributed by atoms with E-state index in [4.69, 9.17) is 5.11 Å². The van der Waals surface area contributed by atoms with E-state index in [1.165, 1.54) is 6.33 Å². The van der Waals surface area contributed by atoms with Crippen molar-refractivity contribution in [3.8, 4) is 0 Å². The van der Waals surface area contributed by atoms with Gasteiger partial charge < -0.3 is 14.7 Å². The first kappa shape index (κ1) is 10.8. The fraction of sp³-hybridized carbons (Fsp3) is 0.500. The first-order valence-electron chi connectivity index (χ1n) is 5.46. The van der Waals surface area contributed by atoms with Crippen LogP contribution in [-0.2, 0) is 0 Å². The second-order valence-corrected chi connectivity index (χ2v) is 5.51. The number of aromatic amines is 1. The van der Waals surface area contributed by atoms with Crippen molar-refractivity contribution in [2.75, 3.05) is 6.61 Å². The lowest BCUT2D eigenvalue weighted by Crippen LogP contribution is -2.08. The number of hydrogen-bond acceptors (Lipinski definition) is 5. The second-order valence-electron chi connectivity index (χ2n) is 4.03. The summed E-state index contributed by atoms with van der Waals surface area (Å²) in [6.07, 6.45) is 5.00. The first-order chi connectivity index (χ1) is 8.29. The molecule has 0 radical (unpaired) electrons. The quantitative estimate of drug-likeness (QED) is 0.813. The fourth-order valence-corrected chi connectivity index (χ4v) is 3.46. The van der Waals surface area contributed by atoms with Gasteiger partial charge in [0.2, 0.25) is 0 Å². The number of thioether (sulfide) groups is 1. The molecule has 0 saturated carbocycles. The highest BCUT2D eigenvalue weighted by molar-refractivity contribution is 8.00. The van der Waals surface area contributed by atoms with Gasteiger partial charge in [0.25, 0.3) is 5.56 Å². The van der Waals surface area contributed by atoms with Gasteiger partial charge in [-0.3, -0.25) is 4.79 Å². The number of aliphatic hydroxyl groups excluding tert-OH is 1. The molecule has 90 valence electrons. The Morgan fingerprint density at radius 3 is 3.18 bits per heavy atom. The SMILES string of the molecule is O=c1[nH]cnc2c1ncn2C1CCC(CO)S1. The Bertz CT molecular complexity index is 593. The summed E-state index contributed by atoms with van der Waals surface area (Å²) in [5.41, 5.74) is 0.779. The normalized spacial score (nSPS) is 24.5. The molecule has 17 heavy (non-hydrogen) atoms. The monoisotopic (exact) mass is 252 g/mol. The number of H-pyrrole nitrogens is 1. The molecule has 1 saturated heterocycles. The minimum absolute atomic E-state index is 0.196. The van der Waals surface area contributed by atoms with Gasteiger partial charge in [-0.05, 0) is 12.8 Å². The lowest BCUT2D eigenvalue weighted by atomic mass is 10.2. The maximum Gasteiger partial charge on any atom is 0.278 e. The van der Waals surface area contributed by atoms with Crippen molar-refractivity contribution in [1.82, 2.24) is 19.5 Å². The zero-order valence-electron chi connectivity index (χ0n) is 9.04. The van der Waals surface area contributed by atoms with E-state index >= 15 is 0 Å². The van der Waals surface area contributed by atoms with Crippen molar-refractivity contribution in [1.29, 1.82) is 0 Å². The van der Waals surface area contributed by atoms with Gasteiger partial charge in [-0.1, -0.05) is 0 Å². The van der Waals surface area contributed by atoms with Crippen molar-refractivity contribution in [2.45, 2.75) is 23.5 Å². The predicted octanol–water partition coefficient (Wildman–Crippen LogP) is 0.506. The smallest absolute Gasteiger partial charge is 0.278 e. The van der Waals surface area contributed by atoms with Gasteiger partial charge in [-0.25, -0.2) is 9.97 Å². The minimum atomic E-state index is -0.213. The molecule has 3 heterocycles. The van der Waals surface area contributed by atoms with Gasteiger partial charge in [0.15, 0.2) is 11.2 Å². The van der Waals surface area contributed by atoms with Crippen LogP contribution < -0.4 is 5.56 Å². The van der Waals surface area contributed by atoms with Crippen LogP contribution in [0.15, 0.2) is 17.4 Å². The molecule has 1 aliphatic rings. The molecule has 2 aromatic rings. The van der Waals surface area contributed by atoms with E-state index < -0.39 is 0 Å². The van der Waals surface area contributed by atoms with Gasteiger partial charge >= 0.3 is 0 Å². The zero-order valence-corrected chi connectivity index (χ0v) is 9.85. The molecule has 0 amide bonds. The van der Waals surface area contributed by atoms with Gasteiger partial charge in [0.05, 0.1) is 24.6 Å². The van der Waals surface area contributed by atoms with Crippen LogP contribution in [0, 0.1) is 0 Å². The lowest BCUT2D eigenvalue weighted by Gasteiger charge is -2.11. The summed E-state index contributed by atoms with van der Waals surface area (Å²) in [5.74, 6) is 0. The van der Waals surface area contributed by atoms with Gasteiger partial charge in [0, 0.05) is 5.25 Å². The molecule has 0 aromatic carbocycles. The van der Waals surface area contributed by atoms with E-state index in [9.17, 15) is 4.79 Å². The van der Waals surface area contributed by atoms with E-state index in [2.05, 4.69) is 15.0 Å². The van der Waals surface area contributed by atoms with Crippen LogP contribution >= 0.6 is 11.8 Å². The highest BCUT2D eigenvalue weighted by Gasteiger charge is 2.27. The van der Waals surface area contributed by atoms with E-state index in [0.717, 1.165) is 12.8 Å². The van der Waals surface area contributed by atoms with Crippen molar-refractivity contribution in [3.05, 3.63) is 23.0 Å². The maximum absolute atomic E-state index is 11.5. The summed E-state index contributed by atoms with van der Waals surface area (Å²) in [5, 5.41) is 9.61. The van der Waals surface area contributed by atoms with Gasteiger partial charge in [-0.15, -0.1) is 11.8 Å². The van der Waals surface area contributed by atoms with Gasteiger partial charge in [0.1, 0.15) is 0 Å². The van der Waals surface area contributed by atoms with Crippen molar-refractivity contribution in [2.24, 2.45) is 0 Å². The van der Waals surface area contributed by atoms with Crippen LogP contribution in [0.3, 0.4) is 0 Å². The second kappa shape index (κ2) is 4.15. The van der Waals surface area contributed by atoms with E-state index in [1.807, 2.05) is 4.57 Å². The largest absolute Gasteiger partial charge is 0.395 e. The Morgan fingerprint density at radius 1 is 1.53 bits per heavy atom. The lowest BCUT2D eigenvalue weighted by molar-refractivity contribution is 0.292. The summed E-state index contributed by atoms with van der Waals surface area (Å²) in [7, 11) is 0. The third-order valence-electron chi connectivity index (χ3n) is 2.96. The van der Waals surface area contributed by atoms with Crippen LogP contribution in [0.2, 0.25) is 0 Å². The van der Waals surface area contributed by atoms with Crippen molar-refractivity contribution in [3.63, 3.8) is 0 Å². The third kappa shape index (κ3) is 1.75. The van der Waals surface area contributed by atoms with Crippen molar-refractivity contribution < 1.29 is 5.11 Å². The first-order valence-corrected chi connectivity index (χ1v) is 6.40.